The maximum Gasteiger partial charge on any atom is 0.260 e. The molecular weight excluding hydrogens is 268 g/mol. The Morgan fingerprint density at radius 3 is 2.76 bits per heavy atom. The second-order valence-corrected chi connectivity index (χ2v) is 4.76. The van der Waals surface area contributed by atoms with Gasteiger partial charge in [0.05, 0.1) is 0 Å². The second kappa shape index (κ2) is 6.69. The summed E-state index contributed by atoms with van der Waals surface area (Å²) in [5, 5.41) is 5.91. The van der Waals surface area contributed by atoms with Crippen LogP contribution in [0.25, 0.3) is 0 Å². The lowest BCUT2D eigenvalue weighted by atomic mass is 10.2. The molecule has 6 nitrogen and oxygen atoms in total. The molecule has 0 aliphatic heterocycles. The molecule has 0 aliphatic rings. The molecular formula is C15H18N4O2. The molecule has 2 aromatic heterocycles. The van der Waals surface area contributed by atoms with Crippen LogP contribution >= 0.6 is 0 Å². The Bertz CT molecular complexity index is 694. The Hall–Kier alpha value is -2.63. The number of pyridine rings is 2. The highest BCUT2D eigenvalue weighted by Crippen LogP contribution is 2.10. The van der Waals surface area contributed by atoms with Crippen LogP contribution in [0.2, 0.25) is 0 Å². The van der Waals surface area contributed by atoms with Crippen molar-refractivity contribution in [1.82, 2.24) is 15.3 Å². The Morgan fingerprint density at radius 2 is 2.05 bits per heavy atom. The minimum atomic E-state index is -0.371. The predicted octanol–water partition coefficient (Wildman–Crippen LogP) is 1.23. The second-order valence-electron chi connectivity index (χ2n) is 4.76. The topological polar surface area (TPSA) is 86.9 Å². The van der Waals surface area contributed by atoms with Gasteiger partial charge >= 0.3 is 0 Å². The average molecular weight is 286 g/mol. The van der Waals surface area contributed by atoms with E-state index in [0.717, 1.165) is 16.9 Å². The minimum Gasteiger partial charge on any atom is -0.383 e. The van der Waals surface area contributed by atoms with E-state index < -0.39 is 0 Å². The minimum absolute atomic E-state index is 0.126. The summed E-state index contributed by atoms with van der Waals surface area (Å²) in [4.78, 5) is 30.1. The largest absolute Gasteiger partial charge is 0.383 e. The highest BCUT2D eigenvalue weighted by atomic mass is 16.2. The third-order valence-electron chi connectivity index (χ3n) is 3.05. The maximum atomic E-state index is 11.9. The summed E-state index contributed by atoms with van der Waals surface area (Å²) < 4.78 is 0. The van der Waals surface area contributed by atoms with Crippen LogP contribution in [-0.2, 0) is 0 Å². The van der Waals surface area contributed by atoms with E-state index in [0.29, 0.717) is 13.1 Å². The first-order valence-electron chi connectivity index (χ1n) is 6.70. The van der Waals surface area contributed by atoms with Crippen molar-refractivity contribution >= 4 is 11.6 Å². The molecule has 0 unspecified atom stereocenters. The van der Waals surface area contributed by atoms with Gasteiger partial charge < -0.3 is 15.6 Å². The van der Waals surface area contributed by atoms with Gasteiger partial charge in [-0.1, -0.05) is 0 Å². The molecule has 6 heteroatoms. The smallest absolute Gasteiger partial charge is 0.260 e. The van der Waals surface area contributed by atoms with Crippen LogP contribution in [0.1, 0.15) is 21.6 Å². The van der Waals surface area contributed by atoms with E-state index in [1.165, 1.54) is 6.07 Å². The van der Waals surface area contributed by atoms with Gasteiger partial charge in [-0.3, -0.25) is 14.6 Å². The third-order valence-corrected chi connectivity index (χ3v) is 3.05. The molecule has 0 radical (unpaired) electrons. The fraction of sp³-hybridized carbons (Fsp3) is 0.267. The fourth-order valence-electron chi connectivity index (χ4n) is 1.89. The van der Waals surface area contributed by atoms with E-state index in [9.17, 15) is 9.59 Å². The summed E-state index contributed by atoms with van der Waals surface area (Å²) in [5.74, 6) is -0.371. The third kappa shape index (κ3) is 3.92. The molecule has 21 heavy (non-hydrogen) atoms. The lowest BCUT2D eigenvalue weighted by Crippen LogP contribution is -2.33. The number of nitrogens with one attached hydrogen (secondary N) is 3. The number of nitrogens with zero attached hydrogens (tertiary/aromatic N) is 1. The van der Waals surface area contributed by atoms with Crippen molar-refractivity contribution in [2.24, 2.45) is 0 Å². The molecule has 0 saturated heterocycles. The maximum absolute atomic E-state index is 11.9. The van der Waals surface area contributed by atoms with Gasteiger partial charge in [0.2, 0.25) is 0 Å². The lowest BCUT2D eigenvalue weighted by molar-refractivity contribution is 0.0953. The molecule has 0 spiro atoms. The number of amides is 1. The molecule has 0 bridgehead atoms. The quantitative estimate of drug-likeness (QED) is 0.721. The number of aromatic nitrogens is 2. The number of aromatic amines is 1. The van der Waals surface area contributed by atoms with E-state index in [1.54, 1.807) is 25.4 Å². The Morgan fingerprint density at radius 1 is 1.24 bits per heavy atom. The van der Waals surface area contributed by atoms with Gasteiger partial charge in [-0.2, -0.15) is 0 Å². The van der Waals surface area contributed by atoms with Crippen molar-refractivity contribution in [3.05, 3.63) is 57.8 Å². The van der Waals surface area contributed by atoms with Crippen LogP contribution in [0.3, 0.4) is 0 Å². The van der Waals surface area contributed by atoms with Crippen molar-refractivity contribution in [1.29, 1.82) is 0 Å². The normalized spacial score (nSPS) is 10.2. The molecule has 2 heterocycles. The molecule has 2 rings (SSSR count). The number of hydrogen-bond acceptors (Lipinski definition) is 4. The summed E-state index contributed by atoms with van der Waals surface area (Å²) in [6.07, 6.45) is 3.48. The van der Waals surface area contributed by atoms with Crippen molar-refractivity contribution in [2.75, 3.05) is 18.4 Å². The molecule has 2 aromatic rings. The van der Waals surface area contributed by atoms with Gasteiger partial charge in [0.25, 0.3) is 11.5 Å². The summed E-state index contributed by atoms with van der Waals surface area (Å²) in [7, 11) is 0. The van der Waals surface area contributed by atoms with Crippen molar-refractivity contribution < 1.29 is 4.79 Å². The Labute approximate surface area is 122 Å². The molecule has 3 N–H and O–H groups in total. The zero-order valence-corrected chi connectivity index (χ0v) is 12.1. The fourth-order valence-corrected chi connectivity index (χ4v) is 1.89. The van der Waals surface area contributed by atoms with Crippen LogP contribution < -0.4 is 16.2 Å². The first kappa shape index (κ1) is 14.8. The number of carbonyl (C=O) groups excluding carboxylic acids is 1. The number of H-pyrrole nitrogens is 1. The average Bonchev–Trinajstić information content (AvgIpc) is 2.45. The van der Waals surface area contributed by atoms with Gasteiger partial charge in [-0.05, 0) is 37.6 Å². The first-order valence-corrected chi connectivity index (χ1v) is 6.70. The van der Waals surface area contributed by atoms with Gasteiger partial charge in [0.1, 0.15) is 5.56 Å². The Balaban J connectivity index is 1.85. The van der Waals surface area contributed by atoms with E-state index in [1.807, 2.05) is 13.0 Å². The van der Waals surface area contributed by atoms with Gasteiger partial charge in [-0.15, -0.1) is 0 Å². The summed E-state index contributed by atoms with van der Waals surface area (Å²) in [6, 6.07) is 5.11. The predicted molar refractivity (Wildman–Crippen MR) is 81.6 cm³/mol. The number of hydrogen-bond donors (Lipinski definition) is 3. The first-order chi connectivity index (χ1) is 10.1. The summed E-state index contributed by atoms with van der Waals surface area (Å²) in [6.45, 7) is 4.72. The zero-order chi connectivity index (χ0) is 15.2. The van der Waals surface area contributed by atoms with Crippen LogP contribution in [0.4, 0.5) is 5.69 Å². The molecule has 0 atom stereocenters. The monoisotopic (exact) mass is 286 g/mol. The number of carbonyl (C=O) groups is 1. The molecule has 110 valence electrons. The van der Waals surface area contributed by atoms with Crippen LogP contribution in [0, 0.1) is 13.8 Å². The van der Waals surface area contributed by atoms with Crippen LogP contribution in [0.5, 0.6) is 0 Å². The molecule has 0 saturated carbocycles. The molecule has 0 fully saturated rings. The molecule has 0 aromatic carbocycles. The van der Waals surface area contributed by atoms with Gasteiger partial charge in [0, 0.05) is 36.9 Å². The summed E-state index contributed by atoms with van der Waals surface area (Å²) >= 11 is 0. The molecule has 0 aliphatic carbocycles. The Kier molecular flexibility index (Phi) is 4.71. The van der Waals surface area contributed by atoms with Gasteiger partial charge in [-0.25, -0.2) is 0 Å². The van der Waals surface area contributed by atoms with Crippen molar-refractivity contribution in [3.63, 3.8) is 0 Å². The summed E-state index contributed by atoms with van der Waals surface area (Å²) in [5.41, 5.74) is 2.50. The number of aryl methyl sites for hydroxylation is 2. The van der Waals surface area contributed by atoms with E-state index in [2.05, 4.69) is 20.6 Å². The van der Waals surface area contributed by atoms with Crippen molar-refractivity contribution in [3.8, 4) is 0 Å². The van der Waals surface area contributed by atoms with Crippen LogP contribution in [0.15, 0.2) is 35.4 Å². The highest BCUT2D eigenvalue weighted by molar-refractivity contribution is 5.93. The van der Waals surface area contributed by atoms with E-state index in [-0.39, 0.29) is 17.0 Å². The van der Waals surface area contributed by atoms with Gasteiger partial charge in [0.15, 0.2) is 0 Å². The zero-order valence-electron chi connectivity index (χ0n) is 12.1. The number of anilines is 1. The van der Waals surface area contributed by atoms with Crippen LogP contribution in [-0.4, -0.2) is 29.0 Å². The van der Waals surface area contributed by atoms with E-state index >= 15 is 0 Å². The SMILES string of the molecule is Cc1ccc(C(=O)NCCNc2ccncc2C)c(=O)[nH]1. The molecule has 1 amide bonds. The standard InChI is InChI=1S/C15H18N4O2/c1-10-9-16-6-5-13(10)17-7-8-18-14(20)12-4-3-11(2)19-15(12)21/h3-6,9H,7-8H2,1-2H3,(H,16,17)(H,18,20)(H,19,21). The lowest BCUT2D eigenvalue weighted by Gasteiger charge is -2.09. The number of rotatable bonds is 5. The van der Waals surface area contributed by atoms with E-state index in [4.69, 9.17) is 0 Å². The highest BCUT2D eigenvalue weighted by Gasteiger charge is 2.09. The van der Waals surface area contributed by atoms with Crippen molar-refractivity contribution in [2.45, 2.75) is 13.8 Å².